The molecule has 5 aromatic rings. The molecule has 5 rings (SSSR count). The van der Waals surface area contributed by atoms with Gasteiger partial charge in [-0.05, 0) is 60.0 Å². The third kappa shape index (κ3) is 4.24. The molecule has 0 spiro atoms. The predicted octanol–water partition coefficient (Wildman–Crippen LogP) is 5.80. The van der Waals surface area contributed by atoms with Gasteiger partial charge in [0.1, 0.15) is 32.9 Å². The number of furan rings is 1. The molecule has 8 nitrogen and oxygen atoms in total. The Hall–Kier alpha value is -4.72. The number of benzene rings is 1. The van der Waals surface area contributed by atoms with Gasteiger partial charge < -0.3 is 21.2 Å². The van der Waals surface area contributed by atoms with Crippen LogP contribution in [0.4, 0.5) is 17.2 Å². The van der Waals surface area contributed by atoms with E-state index in [0.29, 0.717) is 32.8 Å². The van der Waals surface area contributed by atoms with Crippen LogP contribution in [-0.4, -0.2) is 16.7 Å². The Morgan fingerprint density at radius 2 is 1.92 bits per heavy atom. The van der Waals surface area contributed by atoms with E-state index < -0.39 is 5.91 Å². The minimum Gasteiger partial charge on any atom is -0.464 e. The summed E-state index contributed by atoms with van der Waals surface area (Å²) in [6.07, 6.45) is 4.76. The van der Waals surface area contributed by atoms with Crippen LogP contribution in [0.5, 0.6) is 0 Å². The topological polar surface area (TPSA) is 148 Å². The van der Waals surface area contributed by atoms with Crippen LogP contribution in [0.1, 0.15) is 30.5 Å². The van der Waals surface area contributed by atoms with Crippen molar-refractivity contribution in [1.29, 1.82) is 5.26 Å². The lowest BCUT2D eigenvalue weighted by Crippen LogP contribution is -2.12. The molecule has 0 saturated heterocycles. The van der Waals surface area contributed by atoms with Gasteiger partial charge in [0, 0.05) is 21.5 Å². The van der Waals surface area contributed by atoms with Crippen LogP contribution in [-0.2, 0) is 0 Å². The minimum absolute atomic E-state index is 0.0259. The molecule has 4 heterocycles. The number of rotatable bonds is 6. The zero-order valence-corrected chi connectivity index (χ0v) is 20.2. The highest BCUT2D eigenvalue weighted by Crippen LogP contribution is 2.42. The van der Waals surface area contributed by atoms with Crippen LogP contribution in [0.3, 0.4) is 0 Å². The van der Waals surface area contributed by atoms with Crippen molar-refractivity contribution in [2.45, 2.75) is 0 Å². The summed E-state index contributed by atoms with van der Waals surface area (Å²) in [5.41, 5.74) is 14.1. The number of aromatic nitrogens is 1. The Balaban J connectivity index is 1.42. The van der Waals surface area contributed by atoms with Gasteiger partial charge in [-0.1, -0.05) is 6.07 Å². The summed E-state index contributed by atoms with van der Waals surface area (Å²) in [6, 6.07) is 15.8. The number of hydrogen-bond donors (Lipinski definition) is 3. The summed E-state index contributed by atoms with van der Waals surface area (Å²) < 4.78 is 5.50. The van der Waals surface area contributed by atoms with Crippen molar-refractivity contribution in [2.24, 2.45) is 0 Å². The van der Waals surface area contributed by atoms with E-state index in [-0.39, 0.29) is 27.7 Å². The highest BCUT2D eigenvalue weighted by molar-refractivity contribution is 7.21. The van der Waals surface area contributed by atoms with Gasteiger partial charge in [-0.3, -0.25) is 9.59 Å². The molecule has 0 aliphatic rings. The summed E-state index contributed by atoms with van der Waals surface area (Å²) in [5, 5.41) is 14.8. The van der Waals surface area contributed by atoms with Crippen LogP contribution in [0.25, 0.3) is 27.6 Å². The lowest BCUT2D eigenvalue weighted by atomic mass is 10.0. The maximum atomic E-state index is 13.1. The van der Waals surface area contributed by atoms with Crippen molar-refractivity contribution in [3.63, 3.8) is 0 Å². The molecular weight excluding hydrogens is 494 g/mol. The van der Waals surface area contributed by atoms with Crippen molar-refractivity contribution < 1.29 is 14.0 Å². The van der Waals surface area contributed by atoms with Crippen molar-refractivity contribution in [3.05, 3.63) is 87.1 Å². The second-order valence-electron chi connectivity index (χ2n) is 7.61. The van der Waals surface area contributed by atoms with Crippen LogP contribution in [0.2, 0.25) is 0 Å². The van der Waals surface area contributed by atoms with E-state index in [0.717, 1.165) is 16.2 Å². The molecule has 5 N–H and O–H groups in total. The zero-order chi connectivity index (χ0) is 25.2. The number of nitrogens with one attached hydrogen (secondary N) is 1. The minimum atomic E-state index is -0.449. The maximum absolute atomic E-state index is 13.1. The Kier molecular flexibility index (Phi) is 6.08. The zero-order valence-electron chi connectivity index (χ0n) is 18.5. The summed E-state index contributed by atoms with van der Waals surface area (Å²) in [5.74, 6) is -0.166. The summed E-state index contributed by atoms with van der Waals surface area (Å²) in [4.78, 5) is 31.4. The Morgan fingerprint density at radius 1 is 1.11 bits per heavy atom. The van der Waals surface area contributed by atoms with Crippen molar-refractivity contribution in [3.8, 4) is 17.4 Å². The number of nitrogen functional groups attached to an aromatic ring is 2. The van der Waals surface area contributed by atoms with E-state index in [2.05, 4.69) is 16.4 Å². The number of carbonyl (C=O) groups is 2. The number of anilines is 3. The summed E-state index contributed by atoms with van der Waals surface area (Å²) in [7, 11) is 0. The van der Waals surface area contributed by atoms with E-state index in [9.17, 15) is 14.9 Å². The first-order chi connectivity index (χ1) is 17.5. The first-order valence-corrected chi connectivity index (χ1v) is 12.3. The smallest absolute Gasteiger partial charge is 0.267 e. The van der Waals surface area contributed by atoms with Crippen molar-refractivity contribution >= 4 is 67.8 Å². The number of thiophene rings is 2. The quantitative estimate of drug-likeness (QED) is 0.193. The average Bonchev–Trinajstić information content (AvgIpc) is 3.64. The molecular formula is C26H17N5O3S2. The Labute approximate surface area is 213 Å². The molecule has 0 bridgehead atoms. The second kappa shape index (κ2) is 9.50. The number of allylic oxidation sites excluding steroid dienone is 1. The number of amides is 1. The van der Waals surface area contributed by atoms with E-state index in [1.807, 2.05) is 17.5 Å². The van der Waals surface area contributed by atoms with Gasteiger partial charge in [0.05, 0.1) is 17.5 Å². The molecule has 0 unspecified atom stereocenters. The van der Waals surface area contributed by atoms with E-state index >= 15 is 0 Å². The molecule has 1 amide bonds. The standard InChI is InChI=1S/C26H17N5O3S2/c27-13-17-20(19-4-1-11-34-19)21-22(28)23(36-26(21)31-24(17)29)25(33)30-15-7-5-14(6-8-15)18(32)10-9-16-3-2-12-35-16/h1-12H,28H2,(H2,29,31)(H,30,33). The van der Waals surface area contributed by atoms with Crippen LogP contribution < -0.4 is 16.8 Å². The molecule has 0 aliphatic carbocycles. The second-order valence-corrected chi connectivity index (χ2v) is 9.58. The van der Waals surface area contributed by atoms with Gasteiger partial charge in [0.15, 0.2) is 5.78 Å². The molecule has 36 heavy (non-hydrogen) atoms. The van der Waals surface area contributed by atoms with Crippen molar-refractivity contribution in [2.75, 3.05) is 16.8 Å². The Bertz CT molecular complexity index is 1660. The Morgan fingerprint density at radius 3 is 2.58 bits per heavy atom. The SMILES string of the molecule is N#Cc1c(N)nc2sc(C(=O)Nc3ccc(C(=O)C=Cc4cccs4)cc3)c(N)c2c1-c1ccco1. The van der Waals surface area contributed by atoms with Gasteiger partial charge in [0.2, 0.25) is 0 Å². The molecule has 176 valence electrons. The molecule has 0 atom stereocenters. The molecule has 0 saturated carbocycles. The van der Waals surface area contributed by atoms with Crippen LogP contribution in [0, 0.1) is 11.3 Å². The van der Waals surface area contributed by atoms with Crippen LogP contribution >= 0.6 is 22.7 Å². The highest BCUT2D eigenvalue weighted by atomic mass is 32.1. The molecule has 10 heteroatoms. The van der Waals surface area contributed by atoms with Gasteiger partial charge in [-0.2, -0.15) is 5.26 Å². The highest BCUT2D eigenvalue weighted by Gasteiger charge is 2.25. The molecule has 0 fully saturated rings. The molecule has 1 aromatic carbocycles. The molecule has 4 aromatic heterocycles. The van der Waals surface area contributed by atoms with Crippen LogP contribution in [0.15, 0.2) is 70.7 Å². The summed E-state index contributed by atoms with van der Waals surface area (Å²) in [6.45, 7) is 0. The fourth-order valence-corrected chi connectivity index (χ4v) is 5.29. The fourth-order valence-electron chi connectivity index (χ4n) is 3.66. The van der Waals surface area contributed by atoms with Gasteiger partial charge in [0.25, 0.3) is 5.91 Å². The first kappa shape index (κ1) is 23.0. The lowest BCUT2D eigenvalue weighted by molar-refractivity contribution is 0.102. The normalized spacial score (nSPS) is 11.1. The lowest BCUT2D eigenvalue weighted by Gasteiger charge is -2.07. The van der Waals surface area contributed by atoms with Gasteiger partial charge >= 0.3 is 0 Å². The number of ketones is 1. The predicted molar refractivity (Wildman–Crippen MR) is 143 cm³/mol. The molecule has 0 radical (unpaired) electrons. The number of fused-ring (bicyclic) bond motifs is 1. The number of carbonyl (C=O) groups excluding carboxylic acids is 2. The first-order valence-electron chi connectivity index (χ1n) is 10.6. The molecule has 0 aliphatic heterocycles. The third-order valence-corrected chi connectivity index (χ3v) is 7.30. The average molecular weight is 512 g/mol. The number of nitriles is 1. The van der Waals surface area contributed by atoms with E-state index in [4.69, 9.17) is 15.9 Å². The fraction of sp³-hybridized carbons (Fsp3) is 0. The largest absolute Gasteiger partial charge is 0.464 e. The number of pyridine rings is 1. The summed E-state index contributed by atoms with van der Waals surface area (Å²) >= 11 is 2.61. The van der Waals surface area contributed by atoms with Gasteiger partial charge in [-0.25, -0.2) is 4.98 Å². The van der Waals surface area contributed by atoms with E-state index in [1.165, 1.54) is 12.3 Å². The number of hydrogen-bond acceptors (Lipinski definition) is 9. The third-order valence-electron chi connectivity index (χ3n) is 5.36. The monoisotopic (exact) mass is 511 g/mol. The maximum Gasteiger partial charge on any atom is 0.267 e. The van der Waals surface area contributed by atoms with Gasteiger partial charge in [-0.15, -0.1) is 22.7 Å². The number of nitrogens with zero attached hydrogens (tertiary/aromatic N) is 2. The van der Waals surface area contributed by atoms with E-state index in [1.54, 1.807) is 53.8 Å². The number of nitrogens with two attached hydrogens (primary N) is 2. The van der Waals surface area contributed by atoms with Crippen molar-refractivity contribution in [1.82, 2.24) is 4.98 Å².